The average molecular weight is 400 g/mol. The zero-order valence-corrected chi connectivity index (χ0v) is 18.4. The number of amides is 1. The van der Waals surface area contributed by atoms with Crippen molar-refractivity contribution in [3.05, 3.63) is 35.4 Å². The van der Waals surface area contributed by atoms with Gasteiger partial charge in [-0.3, -0.25) is 14.5 Å². The topological polar surface area (TPSA) is 43.9 Å². The van der Waals surface area contributed by atoms with Crippen molar-refractivity contribution in [2.75, 3.05) is 40.3 Å². The van der Waals surface area contributed by atoms with E-state index in [1.165, 1.54) is 18.4 Å². The molecule has 0 saturated carbocycles. The van der Waals surface area contributed by atoms with Crippen molar-refractivity contribution < 1.29 is 9.59 Å². The number of rotatable bonds is 7. The molecule has 160 valence electrons. The quantitative estimate of drug-likeness (QED) is 0.659. The minimum Gasteiger partial charge on any atom is -0.343 e. The molecule has 1 aromatic rings. The summed E-state index contributed by atoms with van der Waals surface area (Å²) in [4.78, 5) is 31.2. The van der Waals surface area contributed by atoms with Gasteiger partial charge in [-0.15, -0.1) is 0 Å². The molecule has 1 unspecified atom stereocenters. The van der Waals surface area contributed by atoms with Crippen LogP contribution in [0.2, 0.25) is 0 Å². The summed E-state index contributed by atoms with van der Waals surface area (Å²) < 4.78 is 0. The van der Waals surface area contributed by atoms with Crippen LogP contribution in [0.1, 0.15) is 61.4 Å². The van der Waals surface area contributed by atoms with Crippen LogP contribution in [0.15, 0.2) is 24.3 Å². The van der Waals surface area contributed by atoms with Gasteiger partial charge in [-0.05, 0) is 83.3 Å². The summed E-state index contributed by atoms with van der Waals surface area (Å²) in [5.41, 5.74) is 2.00. The Morgan fingerprint density at radius 2 is 1.90 bits per heavy atom. The van der Waals surface area contributed by atoms with Crippen molar-refractivity contribution in [2.45, 2.75) is 58.0 Å². The third-order valence-corrected chi connectivity index (χ3v) is 6.74. The van der Waals surface area contributed by atoms with Crippen molar-refractivity contribution >= 4 is 11.7 Å². The van der Waals surface area contributed by atoms with Gasteiger partial charge in [-0.25, -0.2) is 0 Å². The molecule has 1 amide bonds. The summed E-state index contributed by atoms with van der Waals surface area (Å²) in [5, 5.41) is 0. The molecule has 5 nitrogen and oxygen atoms in total. The second-order valence-electron chi connectivity index (χ2n) is 9.08. The monoisotopic (exact) mass is 399 g/mol. The molecule has 2 saturated heterocycles. The summed E-state index contributed by atoms with van der Waals surface area (Å²) in [5.74, 6) is 1.02. The molecule has 0 aromatic heterocycles. The molecule has 29 heavy (non-hydrogen) atoms. The van der Waals surface area contributed by atoms with Gasteiger partial charge in [-0.2, -0.15) is 0 Å². The minimum atomic E-state index is 0.121. The van der Waals surface area contributed by atoms with Gasteiger partial charge in [-0.1, -0.05) is 18.2 Å². The maximum absolute atomic E-state index is 12.7. The van der Waals surface area contributed by atoms with Crippen LogP contribution in [0.25, 0.3) is 0 Å². The Labute approximate surface area is 176 Å². The highest BCUT2D eigenvalue weighted by Gasteiger charge is 2.25. The molecule has 2 fully saturated rings. The van der Waals surface area contributed by atoms with Crippen LogP contribution in [-0.2, 0) is 11.3 Å². The fourth-order valence-electron chi connectivity index (χ4n) is 4.77. The van der Waals surface area contributed by atoms with E-state index in [0.29, 0.717) is 24.3 Å². The first kappa shape index (κ1) is 22.0. The minimum absolute atomic E-state index is 0.121. The maximum Gasteiger partial charge on any atom is 0.222 e. The molecule has 0 bridgehead atoms. The van der Waals surface area contributed by atoms with E-state index in [4.69, 9.17) is 0 Å². The Bertz CT molecular complexity index is 697. The van der Waals surface area contributed by atoms with E-state index in [9.17, 15) is 9.59 Å². The lowest BCUT2D eigenvalue weighted by Gasteiger charge is -2.36. The molecule has 2 heterocycles. The zero-order valence-electron chi connectivity index (χ0n) is 18.4. The molecule has 0 aliphatic carbocycles. The summed E-state index contributed by atoms with van der Waals surface area (Å²) >= 11 is 0. The van der Waals surface area contributed by atoms with Gasteiger partial charge in [0.25, 0.3) is 0 Å². The van der Waals surface area contributed by atoms with Crippen LogP contribution >= 0.6 is 0 Å². The lowest BCUT2D eigenvalue weighted by Crippen LogP contribution is -2.44. The van der Waals surface area contributed by atoms with E-state index in [2.05, 4.69) is 22.9 Å². The fraction of sp³-hybridized carbons (Fsp3) is 0.667. The lowest BCUT2D eigenvalue weighted by atomic mass is 9.92. The molecular formula is C24H37N3O2. The number of carbonyl (C=O) groups is 2. The fourth-order valence-corrected chi connectivity index (χ4v) is 4.77. The first-order chi connectivity index (χ1) is 13.9. The SMILES string of the molecule is CC(=O)c1cccc(CN2CCCC(CCC(=O)N(C)C3CCN(C)CC3)C2)c1. The maximum atomic E-state index is 12.7. The van der Waals surface area contributed by atoms with E-state index in [0.717, 1.165) is 57.5 Å². The number of ketones is 1. The van der Waals surface area contributed by atoms with Crippen LogP contribution in [0.5, 0.6) is 0 Å². The standard InChI is InChI=1S/C24H37N3O2/c1-19(28)22-8-4-6-21(16-22)18-27-13-5-7-20(17-27)9-10-24(29)26(3)23-11-14-25(2)15-12-23/h4,6,8,16,20,23H,5,7,9-15,17-18H2,1-3H3. The Morgan fingerprint density at radius 1 is 1.14 bits per heavy atom. The van der Waals surface area contributed by atoms with Crippen molar-refractivity contribution in [2.24, 2.45) is 5.92 Å². The smallest absolute Gasteiger partial charge is 0.222 e. The molecule has 5 heteroatoms. The van der Waals surface area contributed by atoms with Crippen molar-refractivity contribution in [3.63, 3.8) is 0 Å². The first-order valence-electron chi connectivity index (χ1n) is 11.2. The summed E-state index contributed by atoms with van der Waals surface area (Å²) in [7, 11) is 4.15. The van der Waals surface area contributed by atoms with Crippen molar-refractivity contribution in [3.8, 4) is 0 Å². The molecule has 1 atom stereocenters. The molecule has 1 aromatic carbocycles. The predicted molar refractivity (Wildman–Crippen MR) is 117 cm³/mol. The van der Waals surface area contributed by atoms with Gasteiger partial charge >= 0.3 is 0 Å². The Kier molecular flexibility index (Phi) is 7.84. The molecule has 0 spiro atoms. The van der Waals surface area contributed by atoms with Gasteiger partial charge in [0, 0.05) is 38.2 Å². The van der Waals surface area contributed by atoms with E-state index < -0.39 is 0 Å². The van der Waals surface area contributed by atoms with Crippen molar-refractivity contribution in [1.82, 2.24) is 14.7 Å². The molecule has 2 aliphatic heterocycles. The average Bonchev–Trinajstić information content (AvgIpc) is 2.72. The van der Waals surface area contributed by atoms with Crippen LogP contribution in [0, 0.1) is 5.92 Å². The number of carbonyl (C=O) groups excluding carboxylic acids is 2. The predicted octanol–water partition coefficient (Wildman–Crippen LogP) is 3.43. The van der Waals surface area contributed by atoms with E-state index in [1.54, 1.807) is 6.92 Å². The molecule has 3 rings (SSSR count). The Hall–Kier alpha value is -1.72. The second kappa shape index (κ2) is 10.4. The first-order valence-corrected chi connectivity index (χ1v) is 11.2. The number of piperidine rings is 2. The normalized spacial score (nSPS) is 21.8. The van der Waals surface area contributed by atoms with Gasteiger partial charge in [0.1, 0.15) is 0 Å². The highest BCUT2D eigenvalue weighted by molar-refractivity contribution is 5.94. The highest BCUT2D eigenvalue weighted by Crippen LogP contribution is 2.24. The van der Waals surface area contributed by atoms with Crippen LogP contribution in [0.4, 0.5) is 0 Å². The summed E-state index contributed by atoms with van der Waals surface area (Å²) in [6.07, 6.45) is 6.25. The third kappa shape index (κ3) is 6.38. The number of hydrogen-bond acceptors (Lipinski definition) is 4. The molecule has 0 radical (unpaired) electrons. The molecule has 0 N–H and O–H groups in total. The number of hydrogen-bond donors (Lipinski definition) is 0. The number of likely N-dealkylation sites (tertiary alicyclic amines) is 2. The van der Waals surface area contributed by atoms with Crippen LogP contribution in [-0.4, -0.2) is 72.7 Å². The van der Waals surface area contributed by atoms with E-state index in [1.807, 2.05) is 30.1 Å². The van der Waals surface area contributed by atoms with Gasteiger partial charge in [0.2, 0.25) is 5.91 Å². The van der Waals surface area contributed by atoms with Crippen LogP contribution in [0.3, 0.4) is 0 Å². The Balaban J connectivity index is 1.45. The van der Waals surface area contributed by atoms with Crippen molar-refractivity contribution in [1.29, 1.82) is 0 Å². The van der Waals surface area contributed by atoms with Gasteiger partial charge in [0.15, 0.2) is 5.78 Å². The molecule has 2 aliphatic rings. The Morgan fingerprint density at radius 3 is 2.62 bits per heavy atom. The summed E-state index contributed by atoms with van der Waals surface area (Å²) in [6.45, 7) is 6.84. The van der Waals surface area contributed by atoms with Gasteiger partial charge < -0.3 is 9.80 Å². The zero-order chi connectivity index (χ0) is 20.8. The van der Waals surface area contributed by atoms with Gasteiger partial charge in [0.05, 0.1) is 0 Å². The largest absolute Gasteiger partial charge is 0.343 e. The molecular weight excluding hydrogens is 362 g/mol. The van der Waals surface area contributed by atoms with E-state index in [-0.39, 0.29) is 5.78 Å². The number of Topliss-reactive ketones (excluding diaryl/α,β-unsaturated/α-hetero) is 1. The van der Waals surface area contributed by atoms with Crippen LogP contribution < -0.4 is 0 Å². The lowest BCUT2D eigenvalue weighted by molar-refractivity contribution is -0.133. The highest BCUT2D eigenvalue weighted by atomic mass is 16.2. The third-order valence-electron chi connectivity index (χ3n) is 6.74. The second-order valence-corrected chi connectivity index (χ2v) is 9.08. The number of benzene rings is 1. The van der Waals surface area contributed by atoms with E-state index >= 15 is 0 Å². The number of nitrogens with zero attached hydrogens (tertiary/aromatic N) is 3. The summed E-state index contributed by atoms with van der Waals surface area (Å²) in [6, 6.07) is 8.40.